The summed E-state index contributed by atoms with van der Waals surface area (Å²) in [4.78, 5) is 6.69. The zero-order chi connectivity index (χ0) is 14.0. The van der Waals surface area contributed by atoms with Gasteiger partial charge in [0.2, 0.25) is 0 Å². The summed E-state index contributed by atoms with van der Waals surface area (Å²) in [5.41, 5.74) is 1.15. The van der Waals surface area contributed by atoms with Crippen LogP contribution in [0.2, 0.25) is 0 Å². The first-order chi connectivity index (χ1) is 9.90. The number of likely N-dealkylation sites (tertiary alicyclic amines) is 1. The highest BCUT2D eigenvalue weighted by molar-refractivity contribution is 5.29. The Kier molecular flexibility index (Phi) is 6.81. The number of nitrogens with one attached hydrogen (secondary N) is 1. The Morgan fingerprint density at radius 1 is 1.30 bits per heavy atom. The average Bonchev–Trinajstić information content (AvgIpc) is 2.50. The van der Waals surface area contributed by atoms with E-state index in [1.807, 2.05) is 12.3 Å². The number of rotatable bonds is 8. The Balaban J connectivity index is 1.76. The Bertz CT molecular complexity index is 378. The maximum absolute atomic E-state index is 5.95. The Hall–Kier alpha value is -1.13. The van der Waals surface area contributed by atoms with Crippen LogP contribution in [0.4, 0.5) is 0 Å². The van der Waals surface area contributed by atoms with E-state index in [2.05, 4.69) is 22.1 Å². The van der Waals surface area contributed by atoms with Crippen LogP contribution in [0.1, 0.15) is 38.2 Å². The zero-order valence-corrected chi connectivity index (χ0v) is 12.6. The van der Waals surface area contributed by atoms with Crippen LogP contribution in [-0.4, -0.2) is 42.7 Å². The molecular formula is C16H27N3O. The monoisotopic (exact) mass is 277 g/mol. The molecule has 0 spiro atoms. The van der Waals surface area contributed by atoms with Crippen molar-refractivity contribution in [2.75, 3.05) is 32.8 Å². The van der Waals surface area contributed by atoms with Gasteiger partial charge in [0.1, 0.15) is 12.4 Å². The van der Waals surface area contributed by atoms with Crippen molar-refractivity contribution in [2.24, 2.45) is 0 Å². The quantitative estimate of drug-likeness (QED) is 0.741. The molecule has 4 heteroatoms. The standard InChI is InChI=1S/C16H27N3O/c1-2-7-17-13-15-14-18-8-6-16(15)20-12-11-19-9-4-3-5-10-19/h6,8,14,17H,2-5,7,9-13H2,1H3. The van der Waals surface area contributed by atoms with E-state index in [4.69, 9.17) is 4.74 Å². The number of hydrogen-bond donors (Lipinski definition) is 1. The molecule has 1 aromatic rings. The van der Waals surface area contributed by atoms with Gasteiger partial charge in [0.05, 0.1) is 0 Å². The molecule has 0 atom stereocenters. The summed E-state index contributed by atoms with van der Waals surface area (Å²) in [6.07, 6.45) is 8.90. The van der Waals surface area contributed by atoms with Crippen molar-refractivity contribution in [3.05, 3.63) is 24.0 Å². The lowest BCUT2D eigenvalue weighted by molar-refractivity contribution is 0.182. The van der Waals surface area contributed by atoms with Crippen LogP contribution < -0.4 is 10.1 Å². The van der Waals surface area contributed by atoms with Gasteiger partial charge in [-0.2, -0.15) is 0 Å². The van der Waals surface area contributed by atoms with E-state index in [1.165, 1.54) is 32.4 Å². The van der Waals surface area contributed by atoms with Crippen molar-refractivity contribution in [1.29, 1.82) is 0 Å². The Morgan fingerprint density at radius 3 is 2.95 bits per heavy atom. The third-order valence-corrected chi connectivity index (χ3v) is 3.71. The first kappa shape index (κ1) is 15.3. The Labute approximate surface area is 122 Å². The van der Waals surface area contributed by atoms with Crippen molar-refractivity contribution in [3.8, 4) is 5.75 Å². The van der Waals surface area contributed by atoms with E-state index in [1.54, 1.807) is 6.20 Å². The summed E-state index contributed by atoms with van der Waals surface area (Å²) < 4.78 is 5.95. The second-order valence-corrected chi connectivity index (χ2v) is 5.41. The molecule has 2 rings (SSSR count). The lowest BCUT2D eigenvalue weighted by atomic mass is 10.1. The third-order valence-electron chi connectivity index (χ3n) is 3.71. The van der Waals surface area contributed by atoms with Crippen molar-refractivity contribution in [3.63, 3.8) is 0 Å². The molecule has 0 amide bonds. The number of ether oxygens (including phenoxy) is 1. The van der Waals surface area contributed by atoms with Crippen molar-refractivity contribution in [2.45, 2.75) is 39.2 Å². The SMILES string of the molecule is CCCNCc1cnccc1OCCN1CCCCC1. The van der Waals surface area contributed by atoms with E-state index < -0.39 is 0 Å². The van der Waals surface area contributed by atoms with Crippen LogP contribution in [0.25, 0.3) is 0 Å². The lowest BCUT2D eigenvalue weighted by Crippen LogP contribution is -2.33. The highest BCUT2D eigenvalue weighted by Gasteiger charge is 2.10. The van der Waals surface area contributed by atoms with Crippen LogP contribution in [0.5, 0.6) is 5.75 Å². The van der Waals surface area contributed by atoms with Gasteiger partial charge in [0.15, 0.2) is 0 Å². The Morgan fingerprint density at radius 2 is 2.15 bits per heavy atom. The average molecular weight is 277 g/mol. The normalized spacial score (nSPS) is 16.2. The minimum absolute atomic E-state index is 0.769. The van der Waals surface area contributed by atoms with Crippen LogP contribution in [0.3, 0.4) is 0 Å². The first-order valence-electron chi connectivity index (χ1n) is 7.89. The second kappa shape index (κ2) is 8.93. The summed E-state index contributed by atoms with van der Waals surface area (Å²) in [5.74, 6) is 0.973. The van der Waals surface area contributed by atoms with Crippen molar-refractivity contribution >= 4 is 0 Å². The summed E-state index contributed by atoms with van der Waals surface area (Å²) in [7, 11) is 0. The predicted octanol–water partition coefficient (Wildman–Crippen LogP) is 2.45. The minimum atomic E-state index is 0.769. The van der Waals surface area contributed by atoms with E-state index >= 15 is 0 Å². The van der Waals surface area contributed by atoms with Gasteiger partial charge < -0.3 is 10.1 Å². The fraction of sp³-hybridized carbons (Fsp3) is 0.688. The molecule has 112 valence electrons. The molecule has 1 N–H and O–H groups in total. The molecule has 0 bridgehead atoms. The number of pyridine rings is 1. The van der Waals surface area contributed by atoms with Gasteiger partial charge in [-0.15, -0.1) is 0 Å². The van der Waals surface area contributed by atoms with Gasteiger partial charge in [-0.05, 0) is 45.0 Å². The molecule has 1 aliphatic heterocycles. The van der Waals surface area contributed by atoms with Crippen molar-refractivity contribution < 1.29 is 4.74 Å². The molecule has 0 radical (unpaired) electrons. The molecule has 2 heterocycles. The van der Waals surface area contributed by atoms with E-state index in [0.717, 1.165) is 44.0 Å². The molecule has 0 saturated carbocycles. The molecule has 1 saturated heterocycles. The summed E-state index contributed by atoms with van der Waals surface area (Å²) in [6, 6.07) is 1.97. The molecule has 1 fully saturated rings. The highest BCUT2D eigenvalue weighted by Crippen LogP contribution is 2.16. The van der Waals surface area contributed by atoms with Crippen LogP contribution in [0, 0.1) is 0 Å². The number of nitrogens with zero attached hydrogens (tertiary/aromatic N) is 2. The van der Waals surface area contributed by atoms with Crippen LogP contribution in [-0.2, 0) is 6.54 Å². The fourth-order valence-electron chi connectivity index (χ4n) is 2.56. The molecule has 1 aliphatic rings. The molecule has 0 unspecified atom stereocenters. The van der Waals surface area contributed by atoms with E-state index in [9.17, 15) is 0 Å². The highest BCUT2D eigenvalue weighted by atomic mass is 16.5. The topological polar surface area (TPSA) is 37.4 Å². The predicted molar refractivity (Wildman–Crippen MR) is 82.0 cm³/mol. The van der Waals surface area contributed by atoms with Gasteiger partial charge >= 0.3 is 0 Å². The number of piperidine rings is 1. The molecule has 0 aromatic carbocycles. The third kappa shape index (κ3) is 5.10. The maximum Gasteiger partial charge on any atom is 0.126 e. The smallest absolute Gasteiger partial charge is 0.126 e. The van der Waals surface area contributed by atoms with Gasteiger partial charge in [0, 0.05) is 31.0 Å². The number of aromatic nitrogens is 1. The van der Waals surface area contributed by atoms with Gasteiger partial charge in [0.25, 0.3) is 0 Å². The zero-order valence-electron chi connectivity index (χ0n) is 12.6. The maximum atomic E-state index is 5.95. The van der Waals surface area contributed by atoms with Crippen LogP contribution in [0.15, 0.2) is 18.5 Å². The molecule has 20 heavy (non-hydrogen) atoms. The minimum Gasteiger partial charge on any atom is -0.492 e. The summed E-state index contributed by atoms with van der Waals surface area (Å²) in [6.45, 7) is 8.29. The summed E-state index contributed by atoms with van der Waals surface area (Å²) in [5, 5.41) is 3.40. The van der Waals surface area contributed by atoms with E-state index in [-0.39, 0.29) is 0 Å². The van der Waals surface area contributed by atoms with Gasteiger partial charge in [-0.25, -0.2) is 0 Å². The molecule has 4 nitrogen and oxygen atoms in total. The van der Waals surface area contributed by atoms with E-state index in [0.29, 0.717) is 0 Å². The largest absolute Gasteiger partial charge is 0.492 e. The number of hydrogen-bond acceptors (Lipinski definition) is 4. The molecular weight excluding hydrogens is 250 g/mol. The fourth-order valence-corrected chi connectivity index (χ4v) is 2.56. The lowest BCUT2D eigenvalue weighted by Gasteiger charge is -2.26. The van der Waals surface area contributed by atoms with Crippen molar-refractivity contribution in [1.82, 2.24) is 15.2 Å². The second-order valence-electron chi connectivity index (χ2n) is 5.41. The molecule has 0 aliphatic carbocycles. The molecule has 1 aromatic heterocycles. The van der Waals surface area contributed by atoms with Gasteiger partial charge in [-0.3, -0.25) is 9.88 Å². The van der Waals surface area contributed by atoms with Crippen LogP contribution >= 0.6 is 0 Å². The summed E-state index contributed by atoms with van der Waals surface area (Å²) >= 11 is 0. The van der Waals surface area contributed by atoms with Gasteiger partial charge in [-0.1, -0.05) is 13.3 Å². The first-order valence-corrected chi connectivity index (χ1v) is 7.89.